The normalized spacial score (nSPS) is 11.7. The molecule has 4 N–H and O–H groups in total. The quantitative estimate of drug-likeness (QED) is 0.0556. The van der Waals surface area contributed by atoms with E-state index in [0.717, 1.165) is 33.4 Å². The Labute approximate surface area is 356 Å². The third kappa shape index (κ3) is 21.9. The summed E-state index contributed by atoms with van der Waals surface area (Å²) in [7, 11) is 0. The van der Waals surface area contributed by atoms with Crippen molar-refractivity contribution in [2.75, 3.05) is 132 Å². The number of amides is 4. The molecule has 0 aromatic heterocycles. The number of carboxylic acids is 1. The molecular weight excluding hydrogens is 800 g/mol. The number of rotatable bonds is 36. The Bertz CT molecular complexity index is 1570. The van der Waals surface area contributed by atoms with Crippen LogP contribution in [-0.2, 0) is 61.9 Å². The number of ether oxygens (including phenoxy) is 8. The molecule has 3 rings (SSSR count). The number of hydrogen-bond donors (Lipinski definition) is 4. The molecule has 1 aliphatic carbocycles. The van der Waals surface area contributed by atoms with Gasteiger partial charge in [-0.15, -0.1) is 0 Å². The van der Waals surface area contributed by atoms with Crippen molar-refractivity contribution in [3.63, 3.8) is 0 Å². The number of aliphatic carboxylic acids is 1. The smallest absolute Gasteiger partial charge is 0.407 e. The molecule has 1 aliphatic rings. The van der Waals surface area contributed by atoms with Gasteiger partial charge in [0, 0.05) is 32.0 Å². The Morgan fingerprint density at radius 1 is 0.557 bits per heavy atom. The lowest BCUT2D eigenvalue weighted by Crippen LogP contribution is -2.46. The molecule has 0 aliphatic heterocycles. The molecule has 2 aromatic carbocycles. The van der Waals surface area contributed by atoms with E-state index in [1.807, 2.05) is 36.4 Å². The number of carbonyl (C=O) groups is 6. The first-order valence-corrected chi connectivity index (χ1v) is 20.4. The van der Waals surface area contributed by atoms with E-state index in [2.05, 4.69) is 28.1 Å². The highest BCUT2D eigenvalue weighted by molar-refractivity contribution is 5.89. The third-order valence-corrected chi connectivity index (χ3v) is 8.81. The van der Waals surface area contributed by atoms with Gasteiger partial charge in [0.15, 0.2) is 0 Å². The van der Waals surface area contributed by atoms with Crippen molar-refractivity contribution in [3.05, 3.63) is 59.7 Å². The summed E-state index contributed by atoms with van der Waals surface area (Å²) in [6.07, 6.45) is 0.331. The van der Waals surface area contributed by atoms with Crippen molar-refractivity contribution in [1.29, 1.82) is 0 Å². The van der Waals surface area contributed by atoms with Crippen LogP contribution in [0.15, 0.2) is 48.5 Å². The van der Waals surface area contributed by atoms with Crippen LogP contribution in [0.2, 0.25) is 0 Å². The van der Waals surface area contributed by atoms with E-state index in [9.17, 15) is 28.8 Å². The summed E-state index contributed by atoms with van der Waals surface area (Å²) in [5.74, 6) is -2.48. The lowest BCUT2D eigenvalue weighted by Gasteiger charge is -2.22. The fourth-order valence-electron chi connectivity index (χ4n) is 5.89. The van der Waals surface area contributed by atoms with Gasteiger partial charge in [-0.25, -0.2) is 4.79 Å². The van der Waals surface area contributed by atoms with Gasteiger partial charge in [0.25, 0.3) is 0 Å². The first-order valence-electron chi connectivity index (χ1n) is 20.4. The van der Waals surface area contributed by atoms with Crippen molar-refractivity contribution in [2.45, 2.75) is 25.2 Å². The predicted molar refractivity (Wildman–Crippen MR) is 219 cm³/mol. The maximum Gasteiger partial charge on any atom is 0.407 e. The fraction of sp³-hybridized carbons (Fsp3) is 0.571. The Morgan fingerprint density at radius 2 is 0.984 bits per heavy atom. The zero-order chi connectivity index (χ0) is 43.8. The molecular formula is C42H60N4O15. The number of carboxylic acid groups (broad SMARTS) is 1. The molecule has 0 unspecified atom stereocenters. The van der Waals surface area contributed by atoms with E-state index in [4.69, 9.17) is 43.0 Å². The zero-order valence-corrected chi connectivity index (χ0v) is 34.6. The van der Waals surface area contributed by atoms with Crippen molar-refractivity contribution in [3.8, 4) is 11.1 Å². The number of carbonyl (C=O) groups excluding carboxylic acids is 5. The summed E-state index contributed by atoms with van der Waals surface area (Å²) in [6, 6.07) is 16.1. The largest absolute Gasteiger partial charge is 0.481 e. The van der Waals surface area contributed by atoms with Gasteiger partial charge in [-0.3, -0.25) is 19.2 Å². The van der Waals surface area contributed by atoms with E-state index in [1.165, 1.54) is 0 Å². The Kier molecular flexibility index (Phi) is 26.2. The molecule has 0 atom stereocenters. The van der Waals surface area contributed by atoms with E-state index in [1.54, 1.807) is 0 Å². The fourth-order valence-corrected chi connectivity index (χ4v) is 5.89. The van der Waals surface area contributed by atoms with Crippen LogP contribution < -0.4 is 16.0 Å². The van der Waals surface area contributed by atoms with Crippen LogP contribution in [0.3, 0.4) is 0 Å². The molecule has 338 valence electrons. The standard InChI is InChI=1S/C42H60N4O15/c47-15-5-16-54-22-26-59-28-24-57-19-12-43-38(48)30-46(31-39(49)44-13-20-58-25-29-60-27-23-56-18-11-41(51)52)40(50)10-17-55-21-14-45-42(53)61-32-37-35-8-3-1-6-33(35)34-7-2-4-9-36(34)37/h1-4,6-9,15,37H,5,10-14,16-32H2,(H,43,48)(H,44,49)(H,45,53)(H,51,52). The van der Waals surface area contributed by atoms with Gasteiger partial charge in [-0.1, -0.05) is 48.5 Å². The predicted octanol–water partition coefficient (Wildman–Crippen LogP) is 1.16. The van der Waals surface area contributed by atoms with Gasteiger partial charge in [0.2, 0.25) is 17.7 Å². The summed E-state index contributed by atoms with van der Waals surface area (Å²) in [6.45, 7) is 3.20. The minimum Gasteiger partial charge on any atom is -0.481 e. The van der Waals surface area contributed by atoms with E-state index in [-0.39, 0.29) is 124 Å². The summed E-state index contributed by atoms with van der Waals surface area (Å²) < 4.78 is 43.1. The topological polar surface area (TPSA) is 236 Å². The van der Waals surface area contributed by atoms with Crippen LogP contribution in [-0.4, -0.2) is 178 Å². The van der Waals surface area contributed by atoms with Crippen LogP contribution >= 0.6 is 0 Å². The van der Waals surface area contributed by atoms with Crippen LogP contribution in [0.5, 0.6) is 0 Å². The maximum absolute atomic E-state index is 13.2. The molecule has 2 aromatic rings. The number of hydrogen-bond acceptors (Lipinski definition) is 14. The summed E-state index contributed by atoms with van der Waals surface area (Å²) in [5.41, 5.74) is 4.47. The Balaban J connectivity index is 1.32. The van der Waals surface area contributed by atoms with Gasteiger partial charge >= 0.3 is 12.1 Å². The van der Waals surface area contributed by atoms with E-state index in [0.29, 0.717) is 32.8 Å². The average Bonchev–Trinajstić information content (AvgIpc) is 3.57. The van der Waals surface area contributed by atoms with Crippen LogP contribution in [0, 0.1) is 0 Å². The number of fused-ring (bicyclic) bond motifs is 3. The van der Waals surface area contributed by atoms with Gasteiger partial charge < -0.3 is 68.6 Å². The molecule has 0 saturated carbocycles. The van der Waals surface area contributed by atoms with Crippen molar-refractivity contribution >= 4 is 36.1 Å². The summed E-state index contributed by atoms with van der Waals surface area (Å²) >= 11 is 0. The van der Waals surface area contributed by atoms with Crippen molar-refractivity contribution < 1.29 is 71.8 Å². The molecule has 0 heterocycles. The minimum absolute atomic E-state index is 0.0178. The van der Waals surface area contributed by atoms with E-state index >= 15 is 0 Å². The highest BCUT2D eigenvalue weighted by Crippen LogP contribution is 2.44. The van der Waals surface area contributed by atoms with Gasteiger partial charge in [-0.05, 0) is 22.3 Å². The number of benzene rings is 2. The van der Waals surface area contributed by atoms with Gasteiger partial charge in [0.05, 0.1) is 105 Å². The first kappa shape index (κ1) is 50.3. The lowest BCUT2D eigenvalue weighted by molar-refractivity contribution is -0.140. The highest BCUT2D eigenvalue weighted by Gasteiger charge is 2.29. The van der Waals surface area contributed by atoms with Crippen molar-refractivity contribution in [1.82, 2.24) is 20.9 Å². The maximum atomic E-state index is 13.2. The molecule has 0 bridgehead atoms. The van der Waals surface area contributed by atoms with Crippen LogP contribution in [0.25, 0.3) is 11.1 Å². The molecule has 0 radical (unpaired) electrons. The SMILES string of the molecule is O=CCCOCCOCCOCCNC(=O)CN(CC(=O)NCCOCCOCCOCCC(=O)O)C(=O)CCOCCNC(=O)OCC1c2ccccc2-c2ccccc21. The average molecular weight is 861 g/mol. The van der Waals surface area contributed by atoms with E-state index < -0.39 is 29.8 Å². The van der Waals surface area contributed by atoms with Crippen molar-refractivity contribution in [2.24, 2.45) is 0 Å². The molecule has 61 heavy (non-hydrogen) atoms. The Hall–Kier alpha value is -5.02. The first-order chi connectivity index (χ1) is 29.8. The second-order valence-corrected chi connectivity index (χ2v) is 13.3. The third-order valence-electron chi connectivity index (χ3n) is 8.81. The summed E-state index contributed by atoms with van der Waals surface area (Å²) in [4.78, 5) is 73.0. The van der Waals surface area contributed by atoms with Crippen LogP contribution in [0.4, 0.5) is 4.79 Å². The van der Waals surface area contributed by atoms with Gasteiger partial charge in [0.1, 0.15) is 26.0 Å². The molecule has 0 spiro atoms. The molecule has 4 amide bonds. The summed E-state index contributed by atoms with van der Waals surface area (Å²) in [5, 5.41) is 16.6. The molecule has 0 saturated heterocycles. The Morgan fingerprint density at radius 3 is 1.49 bits per heavy atom. The van der Waals surface area contributed by atoms with Crippen LogP contribution in [0.1, 0.15) is 36.3 Å². The minimum atomic E-state index is -0.934. The lowest BCUT2D eigenvalue weighted by atomic mass is 9.98. The molecule has 0 fully saturated rings. The second kappa shape index (κ2) is 31.8. The number of nitrogens with zero attached hydrogens (tertiary/aromatic N) is 1. The molecule has 19 nitrogen and oxygen atoms in total. The zero-order valence-electron chi connectivity index (χ0n) is 34.6. The highest BCUT2D eigenvalue weighted by atomic mass is 16.6. The second-order valence-electron chi connectivity index (χ2n) is 13.3. The monoisotopic (exact) mass is 860 g/mol. The van der Waals surface area contributed by atoms with Gasteiger partial charge in [-0.2, -0.15) is 0 Å². The number of aldehydes is 1. The number of alkyl carbamates (subject to hydrolysis) is 1. The number of nitrogens with one attached hydrogen (secondary N) is 3. The molecule has 19 heteroatoms.